The molecule has 7 heteroatoms. The number of ether oxygens (including phenoxy) is 1. The molecule has 0 aliphatic heterocycles. The first-order chi connectivity index (χ1) is 12.5. The van der Waals surface area contributed by atoms with Crippen molar-refractivity contribution >= 4 is 18.0 Å². The van der Waals surface area contributed by atoms with Crippen molar-refractivity contribution in [2.75, 3.05) is 20.3 Å². The molecule has 0 atom stereocenters. The maximum absolute atomic E-state index is 11.7. The van der Waals surface area contributed by atoms with E-state index in [2.05, 4.69) is 20.4 Å². The molecular formula is C19H24N4O3. The molecule has 2 rings (SSSR count). The molecule has 0 bridgehead atoms. The van der Waals surface area contributed by atoms with Crippen molar-refractivity contribution in [1.82, 2.24) is 15.3 Å². The number of benzene rings is 1. The first kappa shape index (κ1) is 19.4. The van der Waals surface area contributed by atoms with Gasteiger partial charge in [-0.25, -0.2) is 5.43 Å². The van der Waals surface area contributed by atoms with Gasteiger partial charge in [-0.2, -0.15) is 5.10 Å². The van der Waals surface area contributed by atoms with Crippen molar-refractivity contribution < 1.29 is 14.3 Å². The number of methoxy groups -OCH3 is 1. The number of nitrogens with one attached hydrogen (secondary N) is 2. The van der Waals surface area contributed by atoms with Crippen molar-refractivity contribution in [3.63, 3.8) is 0 Å². The molecule has 138 valence electrons. The summed E-state index contributed by atoms with van der Waals surface area (Å²) in [5, 5.41) is 6.54. The molecule has 2 N–H and O–H groups in total. The van der Waals surface area contributed by atoms with Crippen LogP contribution in [0.5, 0.6) is 0 Å². The Bertz CT molecular complexity index is 782. The van der Waals surface area contributed by atoms with Crippen LogP contribution in [0, 0.1) is 13.8 Å². The third-order valence-electron chi connectivity index (χ3n) is 3.83. The molecule has 2 aromatic rings. The summed E-state index contributed by atoms with van der Waals surface area (Å²) in [6.07, 6.45) is 1.31. The van der Waals surface area contributed by atoms with Gasteiger partial charge >= 0.3 is 0 Å². The Morgan fingerprint density at radius 2 is 1.92 bits per heavy atom. The molecule has 0 saturated carbocycles. The molecular weight excluding hydrogens is 332 g/mol. The van der Waals surface area contributed by atoms with Gasteiger partial charge in [0.15, 0.2) is 0 Å². The summed E-state index contributed by atoms with van der Waals surface area (Å²) in [6, 6.07) is 12.0. The second kappa shape index (κ2) is 9.53. The fourth-order valence-corrected chi connectivity index (χ4v) is 2.61. The monoisotopic (exact) mass is 356 g/mol. The van der Waals surface area contributed by atoms with Crippen molar-refractivity contribution in [3.8, 4) is 5.69 Å². The van der Waals surface area contributed by atoms with E-state index in [0.29, 0.717) is 13.2 Å². The average molecular weight is 356 g/mol. The first-order valence-electron chi connectivity index (χ1n) is 8.35. The average Bonchev–Trinajstić information content (AvgIpc) is 2.89. The zero-order chi connectivity index (χ0) is 18.9. The molecule has 1 aromatic carbocycles. The minimum Gasteiger partial charge on any atom is -0.383 e. The largest absolute Gasteiger partial charge is 0.383 e. The van der Waals surface area contributed by atoms with Crippen LogP contribution in [-0.2, 0) is 14.3 Å². The molecule has 2 amide bonds. The molecule has 0 radical (unpaired) electrons. The van der Waals surface area contributed by atoms with E-state index in [1.165, 1.54) is 0 Å². The Hall–Kier alpha value is -2.93. The Morgan fingerprint density at radius 3 is 2.62 bits per heavy atom. The molecule has 0 saturated heterocycles. The number of carbonyl (C=O) groups is 2. The molecule has 0 spiro atoms. The highest BCUT2D eigenvalue weighted by Crippen LogP contribution is 2.19. The summed E-state index contributed by atoms with van der Waals surface area (Å²) in [5.41, 5.74) is 6.43. The van der Waals surface area contributed by atoms with E-state index < -0.39 is 5.91 Å². The van der Waals surface area contributed by atoms with Gasteiger partial charge in [0.25, 0.3) is 0 Å². The van der Waals surface area contributed by atoms with Crippen molar-refractivity contribution in [2.24, 2.45) is 5.10 Å². The highest BCUT2D eigenvalue weighted by Gasteiger charge is 2.10. The lowest BCUT2D eigenvalue weighted by atomic mass is 10.2. The Balaban J connectivity index is 1.95. The van der Waals surface area contributed by atoms with Crippen LogP contribution < -0.4 is 10.7 Å². The zero-order valence-electron chi connectivity index (χ0n) is 15.3. The summed E-state index contributed by atoms with van der Waals surface area (Å²) in [4.78, 5) is 23.3. The third-order valence-corrected chi connectivity index (χ3v) is 3.83. The highest BCUT2D eigenvalue weighted by molar-refractivity contribution is 5.97. The highest BCUT2D eigenvalue weighted by atomic mass is 16.5. The lowest BCUT2D eigenvalue weighted by molar-refractivity contribution is -0.129. The molecule has 7 nitrogen and oxygen atoms in total. The lowest BCUT2D eigenvalue weighted by Crippen LogP contribution is -2.31. The Labute approximate surface area is 153 Å². The van der Waals surface area contributed by atoms with E-state index in [-0.39, 0.29) is 12.3 Å². The molecule has 0 fully saturated rings. The van der Waals surface area contributed by atoms with Crippen LogP contribution in [0.25, 0.3) is 5.69 Å². The predicted molar refractivity (Wildman–Crippen MR) is 100 cm³/mol. The van der Waals surface area contributed by atoms with E-state index >= 15 is 0 Å². The van der Waals surface area contributed by atoms with Crippen LogP contribution in [0.2, 0.25) is 0 Å². The third kappa shape index (κ3) is 5.29. The fraction of sp³-hybridized carbons (Fsp3) is 0.316. The van der Waals surface area contributed by atoms with Crippen LogP contribution in [0.15, 0.2) is 41.5 Å². The number of hydrogen-bond donors (Lipinski definition) is 2. The van der Waals surface area contributed by atoms with Crippen LogP contribution in [0.4, 0.5) is 0 Å². The number of nitrogens with zero attached hydrogens (tertiary/aromatic N) is 2. The molecule has 1 aromatic heterocycles. The number of hydrogen-bond acceptors (Lipinski definition) is 4. The first-order valence-corrected chi connectivity index (χ1v) is 8.35. The van der Waals surface area contributed by atoms with E-state index in [4.69, 9.17) is 4.74 Å². The summed E-state index contributed by atoms with van der Waals surface area (Å²) < 4.78 is 6.94. The van der Waals surface area contributed by atoms with Crippen LogP contribution >= 0.6 is 0 Å². The lowest BCUT2D eigenvalue weighted by Gasteiger charge is -2.08. The number of rotatable bonds is 8. The fourth-order valence-electron chi connectivity index (χ4n) is 2.61. The minimum atomic E-state index is -0.465. The van der Waals surface area contributed by atoms with Gasteiger partial charge in [0.2, 0.25) is 11.8 Å². The van der Waals surface area contributed by atoms with Crippen molar-refractivity contribution in [3.05, 3.63) is 53.3 Å². The van der Waals surface area contributed by atoms with E-state index in [0.717, 1.165) is 22.6 Å². The molecule has 1 heterocycles. The van der Waals surface area contributed by atoms with Gasteiger partial charge in [-0.3, -0.25) is 9.59 Å². The molecule has 26 heavy (non-hydrogen) atoms. The zero-order valence-corrected chi connectivity index (χ0v) is 15.3. The quantitative estimate of drug-likeness (QED) is 0.327. The number of carbonyl (C=O) groups excluding carboxylic acids is 2. The maximum atomic E-state index is 11.7. The summed E-state index contributed by atoms with van der Waals surface area (Å²) in [6.45, 7) is 4.78. The van der Waals surface area contributed by atoms with Crippen LogP contribution in [0.3, 0.4) is 0 Å². The standard InChI is InChI=1S/C19H24N4O3/c1-14-11-16(15(2)23(14)17-7-5-4-6-8-17)13-21-22-19(25)12-18(24)20-9-10-26-3/h4-8,11,13H,9-10,12H2,1-3H3,(H,20,24)(H,22,25)/b21-13+. The summed E-state index contributed by atoms with van der Waals surface area (Å²) in [7, 11) is 1.54. The molecule has 0 aliphatic rings. The minimum absolute atomic E-state index is 0.274. The van der Waals surface area contributed by atoms with E-state index in [1.807, 2.05) is 50.2 Å². The maximum Gasteiger partial charge on any atom is 0.249 e. The topological polar surface area (TPSA) is 84.7 Å². The molecule has 0 unspecified atom stereocenters. The van der Waals surface area contributed by atoms with E-state index in [1.54, 1.807) is 13.3 Å². The number of aromatic nitrogens is 1. The Morgan fingerprint density at radius 1 is 1.19 bits per heavy atom. The predicted octanol–water partition coefficient (Wildman–Crippen LogP) is 1.70. The number of para-hydroxylation sites is 1. The number of aryl methyl sites for hydroxylation is 1. The van der Waals surface area contributed by atoms with Gasteiger partial charge in [-0.05, 0) is 32.0 Å². The van der Waals surface area contributed by atoms with E-state index in [9.17, 15) is 9.59 Å². The van der Waals surface area contributed by atoms with Crippen molar-refractivity contribution in [1.29, 1.82) is 0 Å². The van der Waals surface area contributed by atoms with Gasteiger partial charge in [-0.1, -0.05) is 18.2 Å². The van der Waals surface area contributed by atoms with Crippen LogP contribution in [0.1, 0.15) is 23.4 Å². The van der Waals surface area contributed by atoms with Gasteiger partial charge < -0.3 is 14.6 Å². The summed E-state index contributed by atoms with van der Waals surface area (Å²) >= 11 is 0. The smallest absolute Gasteiger partial charge is 0.249 e. The summed E-state index contributed by atoms with van der Waals surface area (Å²) in [5.74, 6) is -0.829. The number of amides is 2. The Kier molecular flexibility index (Phi) is 7.11. The van der Waals surface area contributed by atoms with Gasteiger partial charge in [0, 0.05) is 36.3 Å². The SMILES string of the molecule is COCCNC(=O)CC(=O)N/N=C/c1cc(C)n(-c2ccccc2)c1C. The second-order valence-electron chi connectivity index (χ2n) is 5.81. The molecule has 0 aliphatic carbocycles. The van der Waals surface area contributed by atoms with Gasteiger partial charge in [-0.15, -0.1) is 0 Å². The second-order valence-corrected chi connectivity index (χ2v) is 5.81. The van der Waals surface area contributed by atoms with Gasteiger partial charge in [0.1, 0.15) is 6.42 Å². The van der Waals surface area contributed by atoms with Crippen LogP contribution in [-0.4, -0.2) is 42.9 Å². The van der Waals surface area contributed by atoms with Crippen molar-refractivity contribution in [2.45, 2.75) is 20.3 Å². The normalized spacial score (nSPS) is 10.9. The number of hydrazone groups is 1. The van der Waals surface area contributed by atoms with Gasteiger partial charge in [0.05, 0.1) is 12.8 Å².